The van der Waals surface area contributed by atoms with E-state index < -0.39 is 0 Å². The molecule has 0 aliphatic carbocycles. The van der Waals surface area contributed by atoms with Crippen LogP contribution in [0.5, 0.6) is 0 Å². The van der Waals surface area contributed by atoms with Crippen molar-refractivity contribution in [3.8, 4) is 0 Å². The molecule has 0 aromatic carbocycles. The van der Waals surface area contributed by atoms with Crippen LogP contribution in [0.15, 0.2) is 0 Å². The number of rotatable bonds is 3. The van der Waals surface area contributed by atoms with Gasteiger partial charge in [0.1, 0.15) is 0 Å². The van der Waals surface area contributed by atoms with Crippen LogP contribution in [0.4, 0.5) is 0 Å². The second-order valence-electron chi connectivity index (χ2n) is 3.59. The first kappa shape index (κ1) is 9.40. The predicted octanol–water partition coefficient (Wildman–Crippen LogP) is 2.11. The maximum atomic E-state index is 6.12. The predicted molar refractivity (Wildman–Crippen MR) is 52.9 cm³/mol. The fourth-order valence-corrected chi connectivity index (χ4v) is 2.92. The molecule has 1 saturated heterocycles. The van der Waals surface area contributed by atoms with Gasteiger partial charge in [-0.1, -0.05) is 20.3 Å². The molecule has 3 atom stereocenters. The molecule has 1 fully saturated rings. The summed E-state index contributed by atoms with van der Waals surface area (Å²) in [5.74, 6) is 4.13. The number of hydrogen-bond acceptors (Lipinski definition) is 2. The number of hydrogen-bond donors (Lipinski definition) is 1. The fourth-order valence-electron chi connectivity index (χ4n) is 1.59. The molecule has 0 aromatic heterocycles. The zero-order valence-electron chi connectivity index (χ0n) is 7.55. The Labute approximate surface area is 74.1 Å². The molecule has 1 nitrogen and oxygen atoms in total. The van der Waals surface area contributed by atoms with E-state index in [9.17, 15) is 0 Å². The van der Waals surface area contributed by atoms with E-state index in [-0.39, 0.29) is 0 Å². The van der Waals surface area contributed by atoms with E-state index in [1.54, 1.807) is 0 Å². The van der Waals surface area contributed by atoms with E-state index >= 15 is 0 Å². The second-order valence-corrected chi connectivity index (χ2v) is 4.74. The maximum absolute atomic E-state index is 6.12. The van der Waals surface area contributed by atoms with Crippen LogP contribution in [0.3, 0.4) is 0 Å². The van der Waals surface area contributed by atoms with Crippen molar-refractivity contribution in [2.45, 2.75) is 32.7 Å². The van der Waals surface area contributed by atoms with Crippen molar-refractivity contribution in [1.29, 1.82) is 0 Å². The summed E-state index contributed by atoms with van der Waals surface area (Å²) in [5, 5.41) is 0. The topological polar surface area (TPSA) is 26.0 Å². The Balaban J connectivity index is 2.32. The minimum Gasteiger partial charge on any atom is -0.327 e. The van der Waals surface area contributed by atoms with Crippen LogP contribution in [-0.2, 0) is 0 Å². The molecular weight excluding hydrogens is 154 g/mol. The van der Waals surface area contributed by atoms with Crippen LogP contribution >= 0.6 is 11.8 Å². The first-order valence-electron chi connectivity index (χ1n) is 4.59. The normalized spacial score (nSPS) is 30.3. The van der Waals surface area contributed by atoms with Crippen molar-refractivity contribution in [3.05, 3.63) is 0 Å². The quantitative estimate of drug-likeness (QED) is 0.707. The first-order chi connectivity index (χ1) is 5.25. The van der Waals surface area contributed by atoms with Crippen molar-refractivity contribution in [1.82, 2.24) is 0 Å². The van der Waals surface area contributed by atoms with Gasteiger partial charge in [0, 0.05) is 6.04 Å². The Bertz CT molecular complexity index is 110. The van der Waals surface area contributed by atoms with Gasteiger partial charge in [-0.2, -0.15) is 11.8 Å². The van der Waals surface area contributed by atoms with Gasteiger partial charge in [-0.25, -0.2) is 0 Å². The van der Waals surface area contributed by atoms with Crippen LogP contribution in [0.2, 0.25) is 0 Å². The van der Waals surface area contributed by atoms with Crippen LogP contribution in [0.1, 0.15) is 26.7 Å². The Morgan fingerprint density at radius 3 is 2.82 bits per heavy atom. The fraction of sp³-hybridized carbons (Fsp3) is 1.00. The zero-order chi connectivity index (χ0) is 8.27. The minimum absolute atomic E-state index is 0.454. The monoisotopic (exact) mass is 173 g/mol. The molecule has 1 aliphatic rings. The summed E-state index contributed by atoms with van der Waals surface area (Å²) in [6.45, 7) is 4.50. The van der Waals surface area contributed by atoms with Gasteiger partial charge < -0.3 is 5.73 Å². The molecule has 0 bridgehead atoms. The molecule has 11 heavy (non-hydrogen) atoms. The average molecular weight is 173 g/mol. The molecule has 1 aliphatic heterocycles. The van der Waals surface area contributed by atoms with Crippen LogP contribution in [-0.4, -0.2) is 17.5 Å². The Hall–Kier alpha value is 0.310. The number of thioether (sulfide) groups is 1. The lowest BCUT2D eigenvalue weighted by atomic mass is 9.88. The third-order valence-electron chi connectivity index (χ3n) is 2.81. The largest absolute Gasteiger partial charge is 0.327 e. The summed E-state index contributed by atoms with van der Waals surface area (Å²) in [5.41, 5.74) is 6.12. The highest BCUT2D eigenvalue weighted by Crippen LogP contribution is 2.28. The molecular formula is C9H19NS. The molecule has 3 unspecified atom stereocenters. The third kappa shape index (κ3) is 2.38. The molecule has 0 spiro atoms. The molecule has 2 heteroatoms. The van der Waals surface area contributed by atoms with E-state index in [1.165, 1.54) is 24.3 Å². The van der Waals surface area contributed by atoms with E-state index in [1.807, 2.05) is 0 Å². The summed E-state index contributed by atoms with van der Waals surface area (Å²) in [7, 11) is 0. The summed E-state index contributed by atoms with van der Waals surface area (Å²) in [6, 6.07) is 0.454. The molecule has 1 heterocycles. The lowest BCUT2D eigenvalue weighted by Gasteiger charge is -2.23. The first-order valence-corrected chi connectivity index (χ1v) is 5.74. The van der Waals surface area contributed by atoms with Gasteiger partial charge in [0.25, 0.3) is 0 Å². The van der Waals surface area contributed by atoms with Crippen molar-refractivity contribution in [2.75, 3.05) is 11.5 Å². The lowest BCUT2D eigenvalue weighted by Crippen LogP contribution is -2.36. The van der Waals surface area contributed by atoms with Crippen molar-refractivity contribution >= 4 is 11.8 Å². The van der Waals surface area contributed by atoms with Crippen LogP contribution in [0.25, 0.3) is 0 Å². The summed E-state index contributed by atoms with van der Waals surface area (Å²) < 4.78 is 0. The standard InChI is InChI=1S/C9H19NS/c1-3-7(2)9(10)8-4-5-11-6-8/h7-9H,3-6,10H2,1-2H3. The Morgan fingerprint density at radius 1 is 1.64 bits per heavy atom. The molecule has 2 N–H and O–H groups in total. The molecule has 1 rings (SSSR count). The molecule has 0 saturated carbocycles. The highest BCUT2D eigenvalue weighted by Gasteiger charge is 2.25. The molecule has 0 amide bonds. The Morgan fingerprint density at radius 2 is 2.36 bits per heavy atom. The highest BCUT2D eigenvalue weighted by molar-refractivity contribution is 7.99. The molecule has 66 valence electrons. The van der Waals surface area contributed by atoms with Gasteiger partial charge in [0.2, 0.25) is 0 Å². The SMILES string of the molecule is CCC(C)C(N)C1CCSC1. The van der Waals surface area contributed by atoms with E-state index in [2.05, 4.69) is 25.6 Å². The molecule has 0 aromatic rings. The molecule has 0 radical (unpaired) electrons. The summed E-state index contributed by atoms with van der Waals surface area (Å²) in [6.07, 6.45) is 2.57. The van der Waals surface area contributed by atoms with Gasteiger partial charge in [-0.15, -0.1) is 0 Å². The summed E-state index contributed by atoms with van der Waals surface area (Å²) >= 11 is 2.06. The van der Waals surface area contributed by atoms with Crippen molar-refractivity contribution in [3.63, 3.8) is 0 Å². The maximum Gasteiger partial charge on any atom is 0.0101 e. The van der Waals surface area contributed by atoms with Gasteiger partial charge in [0.15, 0.2) is 0 Å². The van der Waals surface area contributed by atoms with Gasteiger partial charge in [-0.05, 0) is 29.8 Å². The average Bonchev–Trinajstić information content (AvgIpc) is 2.53. The lowest BCUT2D eigenvalue weighted by molar-refractivity contribution is 0.342. The van der Waals surface area contributed by atoms with E-state index in [0.717, 1.165) is 5.92 Å². The van der Waals surface area contributed by atoms with E-state index in [0.29, 0.717) is 12.0 Å². The Kier molecular flexibility index (Phi) is 3.73. The van der Waals surface area contributed by atoms with Crippen molar-refractivity contribution < 1.29 is 0 Å². The van der Waals surface area contributed by atoms with Gasteiger partial charge in [-0.3, -0.25) is 0 Å². The van der Waals surface area contributed by atoms with E-state index in [4.69, 9.17) is 5.73 Å². The van der Waals surface area contributed by atoms with Gasteiger partial charge >= 0.3 is 0 Å². The smallest absolute Gasteiger partial charge is 0.0101 e. The van der Waals surface area contributed by atoms with Crippen LogP contribution in [0, 0.1) is 11.8 Å². The summed E-state index contributed by atoms with van der Waals surface area (Å²) in [4.78, 5) is 0. The minimum atomic E-state index is 0.454. The third-order valence-corrected chi connectivity index (χ3v) is 4.00. The van der Waals surface area contributed by atoms with Crippen molar-refractivity contribution in [2.24, 2.45) is 17.6 Å². The van der Waals surface area contributed by atoms with Gasteiger partial charge in [0.05, 0.1) is 0 Å². The second kappa shape index (κ2) is 4.36. The number of nitrogens with two attached hydrogens (primary N) is 1. The van der Waals surface area contributed by atoms with Crippen LogP contribution < -0.4 is 5.73 Å². The highest BCUT2D eigenvalue weighted by atomic mass is 32.2. The zero-order valence-corrected chi connectivity index (χ0v) is 8.36.